The summed E-state index contributed by atoms with van der Waals surface area (Å²) in [7, 11) is 0. The number of hydrogen-bond donors (Lipinski definition) is 0. The molecular formula is C10H6O. The van der Waals surface area contributed by atoms with E-state index in [0.29, 0.717) is 0 Å². The molecule has 0 atom stereocenters. The fourth-order valence-electron chi connectivity index (χ4n) is 1.58. The van der Waals surface area contributed by atoms with Crippen LogP contribution in [0, 0.1) is 0 Å². The SMILES string of the molecule is C1=Cc2cc1c1cccoc2-1. The van der Waals surface area contributed by atoms with E-state index in [-0.39, 0.29) is 0 Å². The van der Waals surface area contributed by atoms with Crippen LogP contribution in [0.3, 0.4) is 0 Å². The third kappa shape index (κ3) is 0.511. The molecule has 1 aliphatic heterocycles. The standard InChI is InChI=1S/C10H6O/c1-2-9-7-3-4-8(6-7)10(9)11-5-1/h1-6H. The first kappa shape index (κ1) is 5.19. The Labute approximate surface area is 64.3 Å². The Morgan fingerprint density at radius 1 is 1.09 bits per heavy atom. The van der Waals surface area contributed by atoms with E-state index in [1.54, 1.807) is 6.26 Å². The van der Waals surface area contributed by atoms with Gasteiger partial charge in [0.2, 0.25) is 0 Å². The third-order valence-electron chi connectivity index (χ3n) is 2.10. The van der Waals surface area contributed by atoms with Crippen LogP contribution in [0.4, 0.5) is 0 Å². The second-order valence-corrected chi connectivity index (χ2v) is 2.74. The first-order chi connectivity index (χ1) is 5.45. The van der Waals surface area contributed by atoms with E-state index in [4.69, 9.17) is 4.42 Å². The van der Waals surface area contributed by atoms with Gasteiger partial charge < -0.3 is 4.42 Å². The predicted octanol–water partition coefficient (Wildman–Crippen LogP) is 2.87. The highest BCUT2D eigenvalue weighted by Crippen LogP contribution is 2.38. The number of hydrogen-bond acceptors (Lipinski definition) is 1. The summed E-state index contributed by atoms with van der Waals surface area (Å²) in [5.41, 5.74) is 3.71. The summed E-state index contributed by atoms with van der Waals surface area (Å²) < 4.78 is 5.36. The van der Waals surface area contributed by atoms with Gasteiger partial charge in [-0.25, -0.2) is 0 Å². The molecule has 0 spiro atoms. The molecule has 1 heteroatoms. The highest BCUT2D eigenvalue weighted by atomic mass is 16.3. The van der Waals surface area contributed by atoms with Crippen molar-refractivity contribution in [3.8, 4) is 11.3 Å². The quantitative estimate of drug-likeness (QED) is 0.470. The van der Waals surface area contributed by atoms with Crippen molar-refractivity contribution in [2.24, 2.45) is 0 Å². The zero-order valence-electron chi connectivity index (χ0n) is 5.87. The molecule has 0 fully saturated rings. The van der Waals surface area contributed by atoms with Crippen molar-refractivity contribution in [1.82, 2.24) is 0 Å². The van der Waals surface area contributed by atoms with Crippen molar-refractivity contribution in [2.45, 2.75) is 0 Å². The smallest absolute Gasteiger partial charge is 0.141 e. The molecule has 1 heterocycles. The molecule has 2 bridgehead atoms. The fourth-order valence-corrected chi connectivity index (χ4v) is 1.58. The zero-order valence-corrected chi connectivity index (χ0v) is 5.87. The number of rotatable bonds is 0. The minimum Gasteiger partial charge on any atom is -0.464 e. The molecule has 0 unspecified atom stereocenters. The predicted molar refractivity (Wildman–Crippen MR) is 44.3 cm³/mol. The van der Waals surface area contributed by atoms with Crippen LogP contribution in [0.5, 0.6) is 0 Å². The summed E-state index contributed by atoms with van der Waals surface area (Å²) in [4.78, 5) is 0. The van der Waals surface area contributed by atoms with E-state index in [9.17, 15) is 0 Å². The van der Waals surface area contributed by atoms with Gasteiger partial charge in [0.05, 0.1) is 6.26 Å². The van der Waals surface area contributed by atoms with Gasteiger partial charge in [-0.3, -0.25) is 0 Å². The Morgan fingerprint density at radius 2 is 2.00 bits per heavy atom. The molecule has 0 radical (unpaired) electrons. The normalized spacial score (nSPS) is 13.1. The Hall–Kier alpha value is -1.50. The second-order valence-electron chi connectivity index (χ2n) is 2.74. The van der Waals surface area contributed by atoms with Crippen molar-refractivity contribution in [1.29, 1.82) is 0 Å². The van der Waals surface area contributed by atoms with Gasteiger partial charge in [0.15, 0.2) is 0 Å². The van der Waals surface area contributed by atoms with Gasteiger partial charge in [0.1, 0.15) is 5.76 Å². The average Bonchev–Trinajstić information content (AvgIpc) is 2.64. The van der Waals surface area contributed by atoms with Crippen molar-refractivity contribution >= 4 is 12.2 Å². The van der Waals surface area contributed by atoms with E-state index in [0.717, 1.165) is 5.76 Å². The molecule has 0 N–H and O–H groups in total. The number of fused-ring (bicyclic) bond motifs is 5. The molecule has 11 heavy (non-hydrogen) atoms. The molecule has 0 saturated heterocycles. The van der Waals surface area contributed by atoms with E-state index >= 15 is 0 Å². The van der Waals surface area contributed by atoms with E-state index < -0.39 is 0 Å². The molecule has 0 aromatic heterocycles. The van der Waals surface area contributed by atoms with E-state index in [1.807, 2.05) is 6.07 Å². The minimum atomic E-state index is 1.02. The van der Waals surface area contributed by atoms with Crippen LogP contribution in [0.15, 0.2) is 28.9 Å². The highest BCUT2D eigenvalue weighted by Gasteiger charge is 2.18. The van der Waals surface area contributed by atoms with E-state index in [1.165, 1.54) is 16.7 Å². The van der Waals surface area contributed by atoms with Crippen molar-refractivity contribution in [3.05, 3.63) is 35.6 Å². The minimum absolute atomic E-state index is 1.02. The topological polar surface area (TPSA) is 13.1 Å². The monoisotopic (exact) mass is 142 g/mol. The summed E-state index contributed by atoms with van der Waals surface area (Å²) in [6.07, 6.45) is 5.92. The van der Waals surface area contributed by atoms with Crippen LogP contribution >= 0.6 is 0 Å². The van der Waals surface area contributed by atoms with Crippen molar-refractivity contribution < 1.29 is 4.42 Å². The van der Waals surface area contributed by atoms with Gasteiger partial charge in [-0.1, -0.05) is 12.2 Å². The lowest BCUT2D eigenvalue weighted by Crippen LogP contribution is -1.79. The summed E-state index contributed by atoms with van der Waals surface area (Å²) in [6.45, 7) is 0. The molecule has 3 rings (SSSR count). The maximum Gasteiger partial charge on any atom is 0.141 e. The lowest BCUT2D eigenvalue weighted by molar-refractivity contribution is 0.566. The summed E-state index contributed by atoms with van der Waals surface area (Å²) in [5.74, 6) is 1.02. The Balaban J connectivity index is 2.55. The maximum absolute atomic E-state index is 5.36. The highest BCUT2D eigenvalue weighted by molar-refractivity contribution is 5.94. The molecule has 52 valence electrons. The molecule has 1 nitrogen and oxygen atoms in total. The zero-order chi connectivity index (χ0) is 7.26. The van der Waals surface area contributed by atoms with Crippen LogP contribution in [0.2, 0.25) is 0 Å². The molecule has 0 aromatic rings. The van der Waals surface area contributed by atoms with Gasteiger partial charge in [-0.15, -0.1) is 0 Å². The molecule has 2 aliphatic carbocycles. The van der Waals surface area contributed by atoms with Crippen LogP contribution in [-0.4, -0.2) is 0 Å². The summed E-state index contributed by atoms with van der Waals surface area (Å²) in [6, 6.07) is 6.16. The second kappa shape index (κ2) is 1.56. The molecule has 0 saturated carbocycles. The first-order valence-electron chi connectivity index (χ1n) is 3.63. The fraction of sp³-hybridized carbons (Fsp3) is 0. The van der Waals surface area contributed by atoms with Gasteiger partial charge >= 0.3 is 0 Å². The summed E-state index contributed by atoms with van der Waals surface area (Å²) >= 11 is 0. The largest absolute Gasteiger partial charge is 0.464 e. The molecule has 0 amide bonds. The van der Waals surface area contributed by atoms with Gasteiger partial charge in [0.25, 0.3) is 0 Å². The van der Waals surface area contributed by atoms with Crippen LogP contribution in [0.1, 0.15) is 11.1 Å². The Bertz CT molecular complexity index is 372. The molecule has 3 aliphatic rings. The van der Waals surface area contributed by atoms with Gasteiger partial charge in [0, 0.05) is 11.1 Å². The third-order valence-corrected chi connectivity index (χ3v) is 2.10. The Morgan fingerprint density at radius 3 is 2.91 bits per heavy atom. The van der Waals surface area contributed by atoms with Crippen molar-refractivity contribution in [2.75, 3.05) is 0 Å². The van der Waals surface area contributed by atoms with Crippen LogP contribution in [-0.2, 0) is 0 Å². The first-order valence-corrected chi connectivity index (χ1v) is 3.63. The maximum atomic E-state index is 5.36. The molecule has 0 aromatic carbocycles. The summed E-state index contributed by atoms with van der Waals surface area (Å²) in [5, 5.41) is 0. The lowest BCUT2D eigenvalue weighted by atomic mass is 10.1. The van der Waals surface area contributed by atoms with Crippen LogP contribution < -0.4 is 0 Å². The Kier molecular flexibility index (Phi) is 0.737. The van der Waals surface area contributed by atoms with Crippen molar-refractivity contribution in [3.63, 3.8) is 0 Å². The van der Waals surface area contributed by atoms with Gasteiger partial charge in [-0.2, -0.15) is 0 Å². The average molecular weight is 142 g/mol. The molecular weight excluding hydrogens is 136 g/mol. The van der Waals surface area contributed by atoms with E-state index in [2.05, 4.69) is 24.3 Å². The van der Waals surface area contributed by atoms with Gasteiger partial charge in [-0.05, 0) is 23.8 Å². The van der Waals surface area contributed by atoms with Crippen LogP contribution in [0.25, 0.3) is 23.5 Å². The lowest BCUT2D eigenvalue weighted by Gasteiger charge is -2.02.